The first-order chi connectivity index (χ1) is 6.79. The van der Waals surface area contributed by atoms with Crippen LogP contribution in [0.2, 0.25) is 0 Å². The minimum atomic E-state index is -0.767. The fourth-order valence-corrected chi connectivity index (χ4v) is 1.46. The smallest absolute Gasteiger partial charge is 0.0821 e. The van der Waals surface area contributed by atoms with Crippen LogP contribution in [0, 0.1) is 5.41 Å². The summed E-state index contributed by atoms with van der Waals surface area (Å²) in [4.78, 5) is 0. The molecule has 92 valence electrons. The van der Waals surface area contributed by atoms with Crippen LogP contribution in [0.25, 0.3) is 0 Å². The molecule has 0 saturated carbocycles. The lowest BCUT2D eigenvalue weighted by atomic mass is 9.81. The Morgan fingerprint density at radius 2 is 1.67 bits per heavy atom. The van der Waals surface area contributed by atoms with Gasteiger partial charge in [0.15, 0.2) is 0 Å². The van der Waals surface area contributed by atoms with Gasteiger partial charge in [0, 0.05) is 0 Å². The highest BCUT2D eigenvalue weighted by Crippen LogP contribution is 2.28. The second kappa shape index (κ2) is 6.43. The maximum absolute atomic E-state index is 9.53. The third-order valence-corrected chi connectivity index (χ3v) is 2.81. The summed E-state index contributed by atoms with van der Waals surface area (Å²) >= 11 is 0. The Morgan fingerprint density at radius 3 is 2.07 bits per heavy atom. The van der Waals surface area contributed by atoms with Crippen LogP contribution in [-0.2, 0) is 0 Å². The molecule has 0 saturated heterocycles. The highest BCUT2D eigenvalue weighted by Gasteiger charge is 2.27. The highest BCUT2D eigenvalue weighted by atomic mass is 16.3. The van der Waals surface area contributed by atoms with E-state index in [4.69, 9.17) is 10.2 Å². The topological polar surface area (TPSA) is 80.9 Å². The van der Waals surface area contributed by atoms with E-state index >= 15 is 0 Å². The summed E-state index contributed by atoms with van der Waals surface area (Å²) < 4.78 is 0. The molecule has 0 spiro atoms. The molecule has 0 fully saturated rings. The molecule has 0 aliphatic rings. The van der Waals surface area contributed by atoms with Gasteiger partial charge in [-0.25, -0.2) is 0 Å². The van der Waals surface area contributed by atoms with Gasteiger partial charge in [0.25, 0.3) is 0 Å². The fourth-order valence-electron chi connectivity index (χ4n) is 1.46. The molecule has 4 nitrogen and oxygen atoms in total. The standard InChI is InChI=1S/C11H24O4/c1-8(13)6-9(14)4-5-11(2,3)10(15)7-12/h8-10,12-15H,4-7H2,1-3H3. The largest absolute Gasteiger partial charge is 0.394 e. The lowest BCUT2D eigenvalue weighted by molar-refractivity contribution is -0.0108. The second-order valence-corrected chi connectivity index (χ2v) is 4.96. The molecule has 0 heterocycles. The highest BCUT2D eigenvalue weighted by molar-refractivity contribution is 4.78. The van der Waals surface area contributed by atoms with Crippen LogP contribution >= 0.6 is 0 Å². The van der Waals surface area contributed by atoms with Crippen molar-refractivity contribution >= 4 is 0 Å². The fraction of sp³-hybridized carbons (Fsp3) is 1.00. The van der Waals surface area contributed by atoms with Crippen molar-refractivity contribution in [3.05, 3.63) is 0 Å². The maximum atomic E-state index is 9.53. The maximum Gasteiger partial charge on any atom is 0.0821 e. The van der Waals surface area contributed by atoms with Gasteiger partial charge in [0.1, 0.15) is 0 Å². The van der Waals surface area contributed by atoms with Crippen LogP contribution in [-0.4, -0.2) is 45.3 Å². The summed E-state index contributed by atoms with van der Waals surface area (Å²) in [5, 5.41) is 36.9. The molecule has 15 heavy (non-hydrogen) atoms. The molecule has 0 radical (unpaired) electrons. The molecule has 0 aromatic rings. The first kappa shape index (κ1) is 14.8. The van der Waals surface area contributed by atoms with Gasteiger partial charge >= 0.3 is 0 Å². The number of hydrogen-bond acceptors (Lipinski definition) is 4. The Kier molecular flexibility index (Phi) is 6.36. The van der Waals surface area contributed by atoms with E-state index in [9.17, 15) is 10.2 Å². The van der Waals surface area contributed by atoms with Gasteiger partial charge in [-0.2, -0.15) is 0 Å². The van der Waals surface area contributed by atoms with Gasteiger partial charge < -0.3 is 20.4 Å². The number of aliphatic hydroxyl groups excluding tert-OH is 4. The Balaban J connectivity index is 3.92. The van der Waals surface area contributed by atoms with Gasteiger partial charge in [-0.1, -0.05) is 13.8 Å². The molecule has 3 atom stereocenters. The van der Waals surface area contributed by atoms with E-state index in [2.05, 4.69) is 0 Å². The van der Waals surface area contributed by atoms with E-state index in [-0.39, 0.29) is 6.61 Å². The summed E-state index contributed by atoms with van der Waals surface area (Å²) in [6, 6.07) is 0. The second-order valence-electron chi connectivity index (χ2n) is 4.96. The summed E-state index contributed by atoms with van der Waals surface area (Å²) in [7, 11) is 0. The van der Waals surface area contributed by atoms with Crippen molar-refractivity contribution in [2.24, 2.45) is 5.41 Å². The van der Waals surface area contributed by atoms with Crippen molar-refractivity contribution < 1.29 is 20.4 Å². The quantitative estimate of drug-likeness (QED) is 0.497. The summed E-state index contributed by atoms with van der Waals surface area (Å²) in [5.41, 5.74) is -0.408. The van der Waals surface area contributed by atoms with Crippen LogP contribution < -0.4 is 0 Å². The lowest BCUT2D eigenvalue weighted by Gasteiger charge is -2.30. The molecule has 4 heteroatoms. The Labute approximate surface area is 91.6 Å². The van der Waals surface area contributed by atoms with Gasteiger partial charge in [-0.3, -0.25) is 0 Å². The minimum absolute atomic E-state index is 0.264. The van der Waals surface area contributed by atoms with Crippen LogP contribution in [0.3, 0.4) is 0 Å². The molecular weight excluding hydrogens is 196 g/mol. The molecule has 0 aliphatic carbocycles. The molecule has 0 aromatic carbocycles. The zero-order valence-corrected chi connectivity index (χ0v) is 9.85. The van der Waals surface area contributed by atoms with Gasteiger partial charge in [-0.05, 0) is 31.6 Å². The van der Waals surface area contributed by atoms with Crippen molar-refractivity contribution in [3.63, 3.8) is 0 Å². The Morgan fingerprint density at radius 1 is 1.13 bits per heavy atom. The number of aliphatic hydroxyl groups is 4. The molecule has 3 unspecified atom stereocenters. The predicted molar refractivity (Wildman–Crippen MR) is 58.4 cm³/mol. The van der Waals surface area contributed by atoms with Crippen LogP contribution in [0.4, 0.5) is 0 Å². The van der Waals surface area contributed by atoms with Crippen molar-refractivity contribution in [1.29, 1.82) is 0 Å². The molecule has 4 N–H and O–H groups in total. The zero-order chi connectivity index (χ0) is 12.1. The van der Waals surface area contributed by atoms with Gasteiger partial charge in [0.2, 0.25) is 0 Å². The van der Waals surface area contributed by atoms with E-state index < -0.39 is 23.7 Å². The molecule has 0 rings (SSSR count). The molecule has 0 aromatic heterocycles. The van der Waals surface area contributed by atoms with Crippen molar-refractivity contribution in [2.45, 2.75) is 58.3 Å². The Hall–Kier alpha value is -0.160. The van der Waals surface area contributed by atoms with E-state index in [1.54, 1.807) is 6.92 Å². The minimum Gasteiger partial charge on any atom is -0.394 e. The predicted octanol–water partition coefficient (Wildman–Crippen LogP) is 0.278. The van der Waals surface area contributed by atoms with Crippen LogP contribution in [0.5, 0.6) is 0 Å². The summed E-state index contributed by atoms with van der Waals surface area (Å²) in [6.45, 7) is 5.07. The summed E-state index contributed by atoms with van der Waals surface area (Å²) in [6.07, 6.45) is -0.333. The summed E-state index contributed by atoms with van der Waals surface area (Å²) in [5.74, 6) is 0. The van der Waals surface area contributed by atoms with Crippen molar-refractivity contribution in [3.8, 4) is 0 Å². The number of hydrogen-bond donors (Lipinski definition) is 4. The van der Waals surface area contributed by atoms with E-state index in [0.717, 1.165) is 0 Å². The van der Waals surface area contributed by atoms with Crippen molar-refractivity contribution in [2.75, 3.05) is 6.61 Å². The number of rotatable bonds is 7. The van der Waals surface area contributed by atoms with E-state index in [1.807, 2.05) is 13.8 Å². The SMILES string of the molecule is CC(O)CC(O)CCC(C)(C)C(O)CO. The van der Waals surface area contributed by atoms with Crippen LogP contribution in [0.15, 0.2) is 0 Å². The van der Waals surface area contributed by atoms with E-state index in [0.29, 0.717) is 19.3 Å². The molecule has 0 aliphatic heterocycles. The zero-order valence-electron chi connectivity index (χ0n) is 9.85. The Bertz CT molecular complexity index is 168. The molecule has 0 amide bonds. The normalized spacial score (nSPS) is 18.6. The first-order valence-corrected chi connectivity index (χ1v) is 5.44. The van der Waals surface area contributed by atoms with E-state index in [1.165, 1.54) is 0 Å². The lowest BCUT2D eigenvalue weighted by Crippen LogP contribution is -2.33. The third kappa shape index (κ3) is 6.10. The first-order valence-electron chi connectivity index (χ1n) is 5.44. The monoisotopic (exact) mass is 220 g/mol. The average Bonchev–Trinajstić information content (AvgIpc) is 2.12. The van der Waals surface area contributed by atoms with Gasteiger partial charge in [0.05, 0.1) is 24.9 Å². The van der Waals surface area contributed by atoms with Crippen LogP contribution in [0.1, 0.15) is 40.0 Å². The molecular formula is C11H24O4. The third-order valence-electron chi connectivity index (χ3n) is 2.81. The molecule has 0 bridgehead atoms. The average molecular weight is 220 g/mol. The van der Waals surface area contributed by atoms with Crippen molar-refractivity contribution in [1.82, 2.24) is 0 Å². The van der Waals surface area contributed by atoms with Gasteiger partial charge in [-0.15, -0.1) is 0 Å².